The summed E-state index contributed by atoms with van der Waals surface area (Å²) >= 11 is 0. The molecule has 1 rings (SSSR count). The fourth-order valence-corrected chi connectivity index (χ4v) is 1.73. The minimum Gasteiger partial charge on any atom is -0.328 e. The van der Waals surface area contributed by atoms with Crippen molar-refractivity contribution in [1.29, 1.82) is 0 Å². The number of carbonyl (C=O) groups is 2. The summed E-state index contributed by atoms with van der Waals surface area (Å²) in [5.41, 5.74) is 1.96. The van der Waals surface area contributed by atoms with Gasteiger partial charge in [0.05, 0.1) is 17.5 Å². The summed E-state index contributed by atoms with van der Waals surface area (Å²) < 4.78 is 1.58. The van der Waals surface area contributed by atoms with Crippen LogP contribution in [0.5, 0.6) is 0 Å². The number of aromatic nitrogens is 2. The summed E-state index contributed by atoms with van der Waals surface area (Å²) in [7, 11) is 1.61. The molecule has 0 atom stereocenters. The minimum absolute atomic E-state index is 0.122. The zero-order valence-corrected chi connectivity index (χ0v) is 11.5. The molecule has 0 aliphatic carbocycles. The van der Waals surface area contributed by atoms with Gasteiger partial charge in [-0.3, -0.25) is 14.6 Å². The second-order valence-electron chi connectivity index (χ2n) is 4.33. The van der Waals surface area contributed by atoms with Crippen molar-refractivity contribution in [3.63, 3.8) is 0 Å². The maximum Gasteiger partial charge on any atom is 0.223 e. The van der Waals surface area contributed by atoms with Crippen molar-refractivity contribution >= 4 is 18.5 Å². The maximum absolute atomic E-state index is 11.0. The predicted octanol–water partition coefficient (Wildman–Crippen LogP) is 1.35. The Labute approximate surface area is 112 Å². The van der Waals surface area contributed by atoms with E-state index in [4.69, 9.17) is 0 Å². The number of hydrogen-bond donors (Lipinski definition) is 1. The van der Waals surface area contributed by atoms with E-state index in [1.54, 1.807) is 18.7 Å². The predicted molar refractivity (Wildman–Crippen MR) is 73.4 cm³/mol. The lowest BCUT2D eigenvalue weighted by Gasteiger charge is -2.14. The lowest BCUT2D eigenvalue weighted by molar-refractivity contribution is -0.104. The van der Waals surface area contributed by atoms with Crippen LogP contribution >= 0.6 is 0 Å². The molecule has 0 radical (unpaired) electrons. The van der Waals surface area contributed by atoms with Gasteiger partial charge < -0.3 is 5.32 Å². The lowest BCUT2D eigenvalue weighted by Crippen LogP contribution is -2.31. The molecule has 1 heterocycles. The molecule has 6 heteroatoms. The topological polar surface area (TPSA) is 76.3 Å². The van der Waals surface area contributed by atoms with E-state index in [-0.39, 0.29) is 5.92 Å². The molecule has 0 unspecified atom stereocenters. The molecule has 0 spiro atoms. The van der Waals surface area contributed by atoms with Gasteiger partial charge in [0.2, 0.25) is 5.96 Å². The van der Waals surface area contributed by atoms with E-state index >= 15 is 0 Å². The third-order valence-corrected chi connectivity index (χ3v) is 2.55. The molecule has 0 saturated carbocycles. The van der Waals surface area contributed by atoms with E-state index < -0.39 is 0 Å². The number of rotatable bonds is 4. The molecule has 1 aromatic rings. The molecule has 102 valence electrons. The summed E-state index contributed by atoms with van der Waals surface area (Å²) in [6.07, 6.45) is 4.37. The van der Waals surface area contributed by atoms with Crippen LogP contribution in [-0.4, -0.2) is 35.4 Å². The zero-order valence-electron chi connectivity index (χ0n) is 11.5. The molecule has 0 fully saturated rings. The summed E-state index contributed by atoms with van der Waals surface area (Å²) in [6, 6.07) is 0. The average Bonchev–Trinajstić information content (AvgIpc) is 2.80. The number of allylic oxidation sites excluding steroid dienone is 2. The second-order valence-corrected chi connectivity index (χ2v) is 4.33. The van der Waals surface area contributed by atoms with Crippen molar-refractivity contribution in [2.75, 3.05) is 7.05 Å². The Kier molecular flexibility index (Phi) is 5.17. The first-order valence-corrected chi connectivity index (χ1v) is 5.94. The Morgan fingerprint density at radius 2 is 2.16 bits per heavy atom. The number of aldehydes is 2. The lowest BCUT2D eigenvalue weighted by atomic mass is 10.1. The highest BCUT2D eigenvalue weighted by molar-refractivity contribution is 5.87. The Balaban J connectivity index is 3.20. The highest BCUT2D eigenvalue weighted by Gasteiger charge is 2.17. The summed E-state index contributed by atoms with van der Waals surface area (Å²) in [6.45, 7) is 5.70. The van der Waals surface area contributed by atoms with Crippen LogP contribution in [-0.2, 0) is 4.79 Å². The van der Waals surface area contributed by atoms with E-state index in [1.807, 2.05) is 13.8 Å². The van der Waals surface area contributed by atoms with Crippen LogP contribution < -0.4 is 5.32 Å². The van der Waals surface area contributed by atoms with Gasteiger partial charge in [-0.05, 0) is 18.9 Å². The van der Waals surface area contributed by atoms with Crippen molar-refractivity contribution in [1.82, 2.24) is 15.1 Å². The van der Waals surface area contributed by atoms with Crippen molar-refractivity contribution in [2.24, 2.45) is 4.99 Å². The first-order chi connectivity index (χ1) is 9.04. The van der Waals surface area contributed by atoms with E-state index in [1.165, 1.54) is 12.3 Å². The normalized spacial score (nSPS) is 12.7. The average molecular weight is 262 g/mol. The number of nitrogens with zero attached hydrogens (tertiary/aromatic N) is 3. The van der Waals surface area contributed by atoms with Gasteiger partial charge in [-0.2, -0.15) is 5.10 Å². The molecule has 19 heavy (non-hydrogen) atoms. The monoisotopic (exact) mass is 262 g/mol. The SMILES string of the molecule is CN=C(N/C(C)=C\C=O)n1ncc(C=O)c1C(C)C. The molecule has 0 amide bonds. The van der Waals surface area contributed by atoms with E-state index in [0.29, 0.717) is 23.5 Å². The Hall–Kier alpha value is -2.24. The third-order valence-electron chi connectivity index (χ3n) is 2.55. The summed E-state index contributed by atoms with van der Waals surface area (Å²) in [4.78, 5) is 25.5. The van der Waals surface area contributed by atoms with Crippen molar-refractivity contribution in [3.8, 4) is 0 Å². The third kappa shape index (κ3) is 3.37. The van der Waals surface area contributed by atoms with Gasteiger partial charge >= 0.3 is 0 Å². The van der Waals surface area contributed by atoms with E-state index in [9.17, 15) is 9.59 Å². The Morgan fingerprint density at radius 1 is 1.47 bits per heavy atom. The van der Waals surface area contributed by atoms with Crippen molar-refractivity contribution < 1.29 is 9.59 Å². The van der Waals surface area contributed by atoms with Gasteiger partial charge in [0, 0.05) is 12.7 Å². The van der Waals surface area contributed by atoms with Gasteiger partial charge in [-0.25, -0.2) is 4.68 Å². The van der Waals surface area contributed by atoms with Gasteiger partial charge in [0.1, 0.15) is 6.29 Å². The number of hydrogen-bond acceptors (Lipinski definition) is 4. The molecule has 6 nitrogen and oxygen atoms in total. The molecule has 1 aromatic heterocycles. The molecule has 1 N–H and O–H groups in total. The highest BCUT2D eigenvalue weighted by atomic mass is 16.1. The van der Waals surface area contributed by atoms with Crippen LogP contribution in [0.25, 0.3) is 0 Å². The first-order valence-electron chi connectivity index (χ1n) is 5.94. The molecule has 0 aromatic carbocycles. The zero-order chi connectivity index (χ0) is 14.4. The van der Waals surface area contributed by atoms with Gasteiger partial charge in [0.15, 0.2) is 6.29 Å². The molecule has 0 bridgehead atoms. The van der Waals surface area contributed by atoms with Crippen LogP contribution in [0.3, 0.4) is 0 Å². The molecule has 0 aliphatic rings. The smallest absolute Gasteiger partial charge is 0.223 e. The number of nitrogens with one attached hydrogen (secondary N) is 1. The van der Waals surface area contributed by atoms with Gasteiger partial charge in [0.25, 0.3) is 0 Å². The van der Waals surface area contributed by atoms with E-state index in [0.717, 1.165) is 12.0 Å². The van der Waals surface area contributed by atoms with E-state index in [2.05, 4.69) is 15.4 Å². The fourth-order valence-electron chi connectivity index (χ4n) is 1.73. The van der Waals surface area contributed by atoms with Crippen LogP contribution in [0.4, 0.5) is 0 Å². The highest BCUT2D eigenvalue weighted by Crippen LogP contribution is 2.17. The number of aliphatic imine (C=N–C) groups is 1. The molecule has 0 saturated heterocycles. The van der Waals surface area contributed by atoms with Crippen molar-refractivity contribution in [3.05, 3.63) is 29.2 Å². The van der Waals surface area contributed by atoms with Crippen LogP contribution in [0.2, 0.25) is 0 Å². The first kappa shape index (κ1) is 14.8. The summed E-state index contributed by atoms with van der Waals surface area (Å²) in [5.74, 6) is 0.587. The molecule has 0 aliphatic heterocycles. The van der Waals surface area contributed by atoms with Crippen molar-refractivity contribution in [2.45, 2.75) is 26.7 Å². The molecular formula is C13H18N4O2. The van der Waals surface area contributed by atoms with Gasteiger partial charge in [-0.1, -0.05) is 13.8 Å². The van der Waals surface area contributed by atoms with Crippen LogP contribution in [0, 0.1) is 0 Å². The minimum atomic E-state index is 0.122. The Bertz CT molecular complexity index is 527. The molecular weight excluding hydrogens is 244 g/mol. The largest absolute Gasteiger partial charge is 0.328 e. The maximum atomic E-state index is 11.0. The quantitative estimate of drug-likeness (QED) is 0.384. The standard InChI is InChI=1S/C13H18N4O2/c1-9(2)12-11(8-19)7-15-17(12)13(14-4)16-10(3)5-6-18/h5-9H,1-4H3,(H,14,16)/b10-5-. The fraction of sp³-hybridized carbons (Fsp3) is 0.385. The summed E-state index contributed by atoms with van der Waals surface area (Å²) in [5, 5.41) is 7.15. The number of carbonyl (C=O) groups excluding carboxylic acids is 2. The van der Waals surface area contributed by atoms with Gasteiger partial charge in [-0.15, -0.1) is 0 Å². The van der Waals surface area contributed by atoms with Crippen LogP contribution in [0.1, 0.15) is 42.7 Å². The second kappa shape index (κ2) is 6.63. The Morgan fingerprint density at radius 3 is 2.63 bits per heavy atom. The van der Waals surface area contributed by atoms with Crippen LogP contribution in [0.15, 0.2) is 23.0 Å².